The van der Waals surface area contributed by atoms with Crippen LogP contribution in [0.4, 0.5) is 0 Å². The molecule has 0 aliphatic heterocycles. The zero-order chi connectivity index (χ0) is 46.2. The van der Waals surface area contributed by atoms with Crippen molar-refractivity contribution in [1.29, 1.82) is 0 Å². The van der Waals surface area contributed by atoms with Gasteiger partial charge in [0.25, 0.3) is 0 Å². The molecule has 0 bridgehead atoms. The summed E-state index contributed by atoms with van der Waals surface area (Å²) in [7, 11) is 0. The van der Waals surface area contributed by atoms with Crippen LogP contribution in [0, 0.1) is 0 Å². The lowest BCUT2D eigenvalue weighted by molar-refractivity contribution is 0.661. The van der Waals surface area contributed by atoms with Crippen molar-refractivity contribution in [2.75, 3.05) is 0 Å². The number of para-hydroxylation sites is 1. The Bertz CT molecular complexity index is 3880. The first-order valence-corrected chi connectivity index (χ1v) is 20.3. The molecule has 3 heterocycles. The largest absolute Gasteiger partial charge is 0.308 e. The monoisotopic (exact) mass is 780 g/mol. The molecule has 12 rings (SSSR count). The van der Waals surface area contributed by atoms with Crippen LogP contribution < -0.4 is 0 Å². The second kappa shape index (κ2) is 12.9. The van der Waals surface area contributed by atoms with Crippen LogP contribution in [0.3, 0.4) is 0 Å². The maximum absolute atomic E-state index is 10.3. The molecule has 0 fully saturated rings. The summed E-state index contributed by atoms with van der Waals surface area (Å²) in [6.07, 6.45) is 0. The van der Waals surface area contributed by atoms with Crippen LogP contribution in [-0.2, 0) is 5.41 Å². The van der Waals surface area contributed by atoms with Crippen molar-refractivity contribution < 1.29 is 11.0 Å². The molecule has 278 valence electrons. The van der Waals surface area contributed by atoms with Crippen LogP contribution in [0.25, 0.3) is 104 Å². The van der Waals surface area contributed by atoms with Crippen LogP contribution >= 0.6 is 11.3 Å². The number of hydrogen-bond acceptors (Lipinski definition) is 4. The van der Waals surface area contributed by atoms with E-state index in [9.17, 15) is 5.48 Å². The van der Waals surface area contributed by atoms with Crippen LogP contribution in [-0.4, -0.2) is 19.5 Å². The highest BCUT2D eigenvalue weighted by Crippen LogP contribution is 2.51. The Labute approximate surface area is 357 Å². The third-order valence-electron chi connectivity index (χ3n) is 11.5. The second-order valence-electron chi connectivity index (χ2n) is 15.3. The van der Waals surface area contributed by atoms with Crippen LogP contribution in [0.15, 0.2) is 182 Å². The standard InChI is InChI=1S/C54H36N4S/c1-54(2)44-25-12-9-20-37(44)41-31-42-38-21-10-13-26-46(38)58(48(42)32-45(41)54)47-29-28-35(36-23-15-24-40-39-22-11-14-27-49(39)59-50(36)40)30-43(47)53-56-51(33-16-5-3-6-17-33)55-52(57-53)34-18-7-4-8-19-34/h3-32H,1-2H3/i9D,10D,20D,21D,25D,26D,31D,32D. The van der Waals surface area contributed by atoms with Crippen molar-refractivity contribution in [2.45, 2.75) is 19.3 Å². The highest BCUT2D eigenvalue weighted by molar-refractivity contribution is 7.26. The minimum atomic E-state index is -1.04. The van der Waals surface area contributed by atoms with Gasteiger partial charge in [-0.25, -0.2) is 15.0 Å². The van der Waals surface area contributed by atoms with Crippen molar-refractivity contribution in [3.63, 3.8) is 0 Å². The van der Waals surface area contributed by atoms with Crippen molar-refractivity contribution in [1.82, 2.24) is 19.5 Å². The molecule has 59 heavy (non-hydrogen) atoms. The quantitative estimate of drug-likeness (QED) is 0.175. The molecule has 5 heteroatoms. The van der Waals surface area contributed by atoms with E-state index in [-0.39, 0.29) is 81.3 Å². The van der Waals surface area contributed by atoms with E-state index in [2.05, 4.69) is 30.3 Å². The maximum atomic E-state index is 10.3. The molecule has 0 atom stereocenters. The smallest absolute Gasteiger partial charge is 0.166 e. The molecule has 0 saturated heterocycles. The number of aromatic nitrogens is 4. The second-order valence-corrected chi connectivity index (χ2v) is 16.4. The summed E-state index contributed by atoms with van der Waals surface area (Å²) in [4.78, 5) is 15.4. The molecule has 4 nitrogen and oxygen atoms in total. The van der Waals surface area contributed by atoms with E-state index in [0.29, 0.717) is 39.9 Å². The third kappa shape index (κ3) is 5.18. The van der Waals surface area contributed by atoms with Gasteiger partial charge in [-0.1, -0.05) is 159 Å². The summed E-state index contributed by atoms with van der Waals surface area (Å²) >= 11 is 1.71. The van der Waals surface area contributed by atoms with Gasteiger partial charge < -0.3 is 4.57 Å². The molecule has 3 aromatic heterocycles. The Morgan fingerprint density at radius 2 is 1.19 bits per heavy atom. The summed E-state index contributed by atoms with van der Waals surface area (Å²) in [5, 5.41) is 2.61. The Morgan fingerprint density at radius 3 is 1.98 bits per heavy atom. The molecular weight excluding hydrogens is 737 g/mol. The molecule has 0 N–H and O–H groups in total. The lowest BCUT2D eigenvalue weighted by Crippen LogP contribution is -2.15. The highest BCUT2D eigenvalue weighted by atomic mass is 32.1. The Morgan fingerprint density at radius 1 is 0.492 bits per heavy atom. The summed E-state index contributed by atoms with van der Waals surface area (Å²) < 4.78 is 78.9. The lowest BCUT2D eigenvalue weighted by Gasteiger charge is -2.22. The van der Waals surface area contributed by atoms with Crippen LogP contribution in [0.1, 0.15) is 35.9 Å². The van der Waals surface area contributed by atoms with Gasteiger partial charge in [0.05, 0.1) is 27.7 Å². The fourth-order valence-electron chi connectivity index (χ4n) is 8.69. The minimum absolute atomic E-state index is 0.00951. The number of hydrogen-bond donors (Lipinski definition) is 0. The predicted molar refractivity (Wildman–Crippen MR) is 246 cm³/mol. The van der Waals surface area contributed by atoms with Gasteiger partial charge in [-0.15, -0.1) is 11.3 Å². The first-order valence-electron chi connectivity index (χ1n) is 23.5. The van der Waals surface area contributed by atoms with E-state index in [1.165, 1.54) is 12.1 Å². The molecule has 1 aliphatic carbocycles. The van der Waals surface area contributed by atoms with E-state index >= 15 is 0 Å². The normalized spacial score (nSPS) is 14.9. The Kier molecular flexibility index (Phi) is 5.83. The van der Waals surface area contributed by atoms with Crippen molar-refractivity contribution in [2.24, 2.45) is 0 Å². The predicted octanol–water partition coefficient (Wildman–Crippen LogP) is 14.3. The van der Waals surface area contributed by atoms with Gasteiger partial charge in [0, 0.05) is 53.1 Å². The van der Waals surface area contributed by atoms with Crippen molar-refractivity contribution in [3.05, 3.63) is 193 Å². The van der Waals surface area contributed by atoms with E-state index in [1.54, 1.807) is 15.9 Å². The number of thiophene rings is 1. The number of nitrogens with zero attached hydrogens (tertiary/aromatic N) is 4. The Balaban J connectivity index is 1.25. The lowest BCUT2D eigenvalue weighted by atomic mass is 9.82. The molecule has 0 unspecified atom stereocenters. The molecule has 0 radical (unpaired) electrons. The van der Waals surface area contributed by atoms with E-state index < -0.39 is 5.41 Å². The summed E-state index contributed by atoms with van der Waals surface area (Å²) in [6, 6.07) is 41.7. The fraction of sp³-hybridized carbons (Fsp3) is 0.0556. The Hall–Kier alpha value is -7.21. The topological polar surface area (TPSA) is 43.6 Å². The molecule has 1 aliphatic rings. The minimum Gasteiger partial charge on any atom is -0.308 e. The number of rotatable bonds is 5. The zero-order valence-corrected chi connectivity index (χ0v) is 32.7. The average molecular weight is 781 g/mol. The molecule has 0 amide bonds. The summed E-state index contributed by atoms with van der Waals surface area (Å²) in [5.74, 6) is 1.17. The third-order valence-corrected chi connectivity index (χ3v) is 12.7. The van der Waals surface area contributed by atoms with Gasteiger partial charge in [0.15, 0.2) is 17.5 Å². The van der Waals surface area contributed by atoms with E-state index in [4.69, 9.17) is 20.4 Å². The van der Waals surface area contributed by atoms with Gasteiger partial charge in [-0.05, 0) is 69.7 Å². The molecular formula is C54H36N4S. The highest BCUT2D eigenvalue weighted by Gasteiger charge is 2.36. The zero-order valence-electron chi connectivity index (χ0n) is 39.9. The first kappa shape index (κ1) is 26.7. The van der Waals surface area contributed by atoms with Gasteiger partial charge in [-0.2, -0.15) is 0 Å². The van der Waals surface area contributed by atoms with Gasteiger partial charge >= 0.3 is 0 Å². The summed E-state index contributed by atoms with van der Waals surface area (Å²) in [6.45, 7) is 3.75. The molecule has 0 spiro atoms. The van der Waals surface area contributed by atoms with Gasteiger partial charge in [0.2, 0.25) is 0 Å². The SMILES string of the molecule is [2H]c1cc([2H])c2c(c1[2H])-c1c(c([2H])c3c(c1[2H])c1c([2H])c([2H])cc([2H])c1n3-c1ccc(-c3cccc4c3sc3ccccc34)cc1-c1nc(-c3ccccc3)nc(-c3ccccc3)n1)C2(C)C. The number of fused-ring (bicyclic) bond motifs is 9. The first-order chi connectivity index (χ1) is 32.3. The van der Waals surface area contributed by atoms with Gasteiger partial charge in [0.1, 0.15) is 0 Å². The van der Waals surface area contributed by atoms with Crippen molar-refractivity contribution in [3.8, 4) is 62.1 Å². The number of benzene rings is 8. The average Bonchev–Trinajstić information content (AvgIpc) is 3.99. The van der Waals surface area contributed by atoms with E-state index in [1.807, 2.05) is 105 Å². The van der Waals surface area contributed by atoms with E-state index in [0.717, 1.165) is 42.4 Å². The van der Waals surface area contributed by atoms with Crippen LogP contribution in [0.2, 0.25) is 0 Å². The molecule has 11 aromatic rings. The fourth-order valence-corrected chi connectivity index (χ4v) is 9.93. The van der Waals surface area contributed by atoms with Gasteiger partial charge in [-0.3, -0.25) is 0 Å². The maximum Gasteiger partial charge on any atom is 0.166 e. The molecule has 8 aromatic carbocycles. The van der Waals surface area contributed by atoms with Crippen molar-refractivity contribution >= 4 is 53.3 Å². The summed E-state index contributed by atoms with van der Waals surface area (Å²) in [5.41, 5.74) is 5.19. The van der Waals surface area contributed by atoms with Crippen LogP contribution in [0.5, 0.6) is 0 Å². The molecule has 0 saturated carbocycles.